The summed E-state index contributed by atoms with van der Waals surface area (Å²) in [6, 6.07) is 28.3. The van der Waals surface area contributed by atoms with Gasteiger partial charge in [-0.2, -0.15) is 0 Å². The molecule has 3 aromatic carbocycles. The van der Waals surface area contributed by atoms with Crippen molar-refractivity contribution < 1.29 is 13.6 Å². The highest BCUT2D eigenvalue weighted by Crippen LogP contribution is 2.38. The lowest BCUT2D eigenvalue weighted by Gasteiger charge is -2.43. The highest BCUT2D eigenvalue weighted by Gasteiger charge is 2.50. The van der Waals surface area contributed by atoms with Gasteiger partial charge in [0.05, 0.1) is 6.61 Å². The number of benzene rings is 3. The van der Waals surface area contributed by atoms with Gasteiger partial charge in [0.2, 0.25) is 0 Å². The molecule has 0 heterocycles. The van der Waals surface area contributed by atoms with Gasteiger partial charge in [0.15, 0.2) is 8.32 Å². The molecule has 1 atom stereocenters. The van der Waals surface area contributed by atoms with Crippen LogP contribution in [0, 0.1) is 0 Å². The first-order chi connectivity index (χ1) is 18.7. The predicted molar refractivity (Wildman–Crippen MR) is 176 cm³/mol. The van der Waals surface area contributed by atoms with E-state index in [9.17, 15) is 0 Å². The van der Waals surface area contributed by atoms with Gasteiger partial charge in [-0.3, -0.25) is 0 Å². The minimum absolute atomic E-state index is 0.0295. The Morgan fingerprint density at radius 2 is 1.20 bits per heavy atom. The molecule has 0 aliphatic carbocycles. The lowest BCUT2D eigenvalue weighted by Crippen LogP contribution is -2.66. The van der Waals surface area contributed by atoms with Gasteiger partial charge in [-0.25, -0.2) is 0 Å². The van der Waals surface area contributed by atoms with Crippen molar-refractivity contribution in [2.75, 3.05) is 13.2 Å². The number of ether oxygens (including phenoxy) is 1. The number of hydrogen-bond acceptors (Lipinski definition) is 3. The quantitative estimate of drug-likeness (QED) is 0.204. The van der Waals surface area contributed by atoms with Crippen molar-refractivity contribution in [3.8, 4) is 5.75 Å². The minimum Gasteiger partial charge on any atom is -0.488 e. The van der Waals surface area contributed by atoms with Crippen LogP contribution < -0.4 is 15.1 Å². The van der Waals surface area contributed by atoms with Crippen molar-refractivity contribution in [3.05, 3.63) is 90.0 Å². The first-order valence-electron chi connectivity index (χ1n) is 14.9. The highest BCUT2D eigenvalue weighted by molar-refractivity contribution is 6.99. The molecule has 3 rings (SSSR count). The van der Waals surface area contributed by atoms with E-state index in [2.05, 4.69) is 147 Å². The zero-order valence-electron chi connectivity index (χ0n) is 26.6. The molecule has 0 N–H and O–H groups in total. The van der Waals surface area contributed by atoms with Crippen LogP contribution in [0.2, 0.25) is 23.2 Å². The Balaban J connectivity index is 1.87. The summed E-state index contributed by atoms with van der Waals surface area (Å²) < 4.78 is 20.3. The maximum absolute atomic E-state index is 7.20. The molecule has 218 valence electrons. The Kier molecular flexibility index (Phi) is 10.7. The largest absolute Gasteiger partial charge is 0.488 e. The SMILES string of the molecule is CCc1cccc(CCO[Si](c2ccccc2)(c2ccccc2)C(C)(C)C)c1OC(C)CO[Si](C)(C)C(C)(C)C. The van der Waals surface area contributed by atoms with Crippen LogP contribution in [-0.4, -0.2) is 36.0 Å². The predicted octanol–water partition coefficient (Wildman–Crippen LogP) is 8.16. The van der Waals surface area contributed by atoms with Crippen molar-refractivity contribution in [2.24, 2.45) is 0 Å². The number of rotatable bonds is 12. The van der Waals surface area contributed by atoms with Crippen LogP contribution in [0.4, 0.5) is 0 Å². The Labute approximate surface area is 246 Å². The zero-order valence-corrected chi connectivity index (χ0v) is 28.6. The molecule has 1 unspecified atom stereocenters. The fraction of sp³-hybridized carbons (Fsp3) is 0.486. The first-order valence-corrected chi connectivity index (χ1v) is 19.7. The Morgan fingerprint density at radius 3 is 1.68 bits per heavy atom. The van der Waals surface area contributed by atoms with Gasteiger partial charge in [0.1, 0.15) is 11.9 Å². The lowest BCUT2D eigenvalue weighted by atomic mass is 10.0. The molecule has 0 amide bonds. The molecule has 40 heavy (non-hydrogen) atoms. The summed E-state index contributed by atoms with van der Waals surface area (Å²) >= 11 is 0. The smallest absolute Gasteiger partial charge is 0.261 e. The van der Waals surface area contributed by atoms with E-state index in [0.717, 1.165) is 18.6 Å². The van der Waals surface area contributed by atoms with Gasteiger partial charge in [-0.1, -0.05) is 127 Å². The van der Waals surface area contributed by atoms with Crippen molar-refractivity contribution in [1.82, 2.24) is 0 Å². The topological polar surface area (TPSA) is 27.7 Å². The van der Waals surface area contributed by atoms with Gasteiger partial charge in [-0.15, -0.1) is 0 Å². The lowest BCUT2D eigenvalue weighted by molar-refractivity contribution is 0.131. The maximum atomic E-state index is 7.20. The van der Waals surface area contributed by atoms with E-state index in [0.29, 0.717) is 13.2 Å². The van der Waals surface area contributed by atoms with Crippen LogP contribution in [0.5, 0.6) is 5.75 Å². The van der Waals surface area contributed by atoms with Crippen LogP contribution in [0.3, 0.4) is 0 Å². The maximum Gasteiger partial charge on any atom is 0.261 e. The van der Waals surface area contributed by atoms with Crippen molar-refractivity contribution in [1.29, 1.82) is 0 Å². The van der Waals surface area contributed by atoms with Gasteiger partial charge in [-0.05, 0) is 64.4 Å². The van der Waals surface area contributed by atoms with Gasteiger partial charge in [0, 0.05) is 6.61 Å². The van der Waals surface area contributed by atoms with E-state index < -0.39 is 16.6 Å². The normalized spacial score (nSPS) is 13.8. The van der Waals surface area contributed by atoms with E-state index >= 15 is 0 Å². The number of aryl methyl sites for hydroxylation is 1. The molecule has 0 saturated heterocycles. The summed E-state index contributed by atoms with van der Waals surface area (Å²) in [5.41, 5.74) is 2.44. The molecule has 0 fully saturated rings. The molecule has 0 saturated carbocycles. The summed E-state index contributed by atoms with van der Waals surface area (Å²) in [4.78, 5) is 0. The molecule has 0 radical (unpaired) electrons. The van der Waals surface area contributed by atoms with Gasteiger partial charge in [0.25, 0.3) is 8.32 Å². The van der Waals surface area contributed by atoms with Gasteiger partial charge >= 0.3 is 0 Å². The summed E-state index contributed by atoms with van der Waals surface area (Å²) in [5, 5.41) is 2.75. The Hall–Kier alpha value is -2.19. The second kappa shape index (κ2) is 13.2. The van der Waals surface area contributed by atoms with Crippen molar-refractivity contribution >= 4 is 27.0 Å². The molecular weight excluding hydrogens is 525 g/mol. The van der Waals surface area contributed by atoms with Crippen LogP contribution in [-0.2, 0) is 21.7 Å². The molecule has 0 spiro atoms. The molecule has 3 nitrogen and oxygen atoms in total. The molecule has 0 bridgehead atoms. The Bertz CT molecular complexity index is 1160. The van der Waals surface area contributed by atoms with Crippen LogP contribution in [0.15, 0.2) is 78.9 Å². The Morgan fingerprint density at radius 1 is 0.675 bits per heavy atom. The van der Waals surface area contributed by atoms with Crippen LogP contribution in [0.25, 0.3) is 0 Å². The standard InChI is InChI=1S/C35H52O3Si2/c1-11-29-19-18-20-30(33(29)38-28(2)27-37-39(9,10)34(3,4)5)25-26-36-40(35(6,7)8,31-21-14-12-15-22-31)32-23-16-13-17-24-32/h12-24,28H,11,25-27H2,1-10H3. The third kappa shape index (κ3) is 7.36. The molecule has 0 aromatic heterocycles. The molecule has 0 aliphatic heterocycles. The summed E-state index contributed by atoms with van der Waals surface area (Å²) in [5.74, 6) is 1.00. The highest BCUT2D eigenvalue weighted by atomic mass is 28.4. The second-order valence-electron chi connectivity index (χ2n) is 13.5. The van der Waals surface area contributed by atoms with Crippen LogP contribution >= 0.6 is 0 Å². The van der Waals surface area contributed by atoms with E-state index in [1.807, 2.05) is 0 Å². The second-order valence-corrected chi connectivity index (χ2v) is 22.6. The van der Waals surface area contributed by atoms with E-state index in [1.54, 1.807) is 0 Å². The van der Waals surface area contributed by atoms with E-state index in [-0.39, 0.29) is 16.2 Å². The fourth-order valence-electron chi connectivity index (χ4n) is 5.12. The van der Waals surface area contributed by atoms with E-state index in [4.69, 9.17) is 13.6 Å². The zero-order chi connectivity index (χ0) is 29.6. The van der Waals surface area contributed by atoms with Crippen LogP contribution in [0.1, 0.15) is 66.5 Å². The number of para-hydroxylation sites is 1. The van der Waals surface area contributed by atoms with Crippen molar-refractivity contribution in [2.45, 2.75) is 97.5 Å². The monoisotopic (exact) mass is 576 g/mol. The molecule has 3 aromatic rings. The fourth-order valence-corrected chi connectivity index (χ4v) is 10.8. The van der Waals surface area contributed by atoms with Crippen molar-refractivity contribution in [3.63, 3.8) is 0 Å². The third-order valence-electron chi connectivity index (χ3n) is 8.47. The summed E-state index contributed by atoms with van der Waals surface area (Å²) in [7, 11) is -4.42. The number of hydrogen-bond donors (Lipinski definition) is 0. The minimum atomic E-state index is -2.58. The molecular formula is C35H52O3Si2. The summed E-state index contributed by atoms with van der Waals surface area (Å²) in [6.45, 7) is 24.0. The average Bonchev–Trinajstić information content (AvgIpc) is 2.90. The first kappa shape index (κ1) is 32.3. The average molecular weight is 577 g/mol. The third-order valence-corrected chi connectivity index (χ3v) is 18.0. The van der Waals surface area contributed by atoms with Gasteiger partial charge < -0.3 is 13.6 Å². The molecule has 5 heteroatoms. The molecule has 0 aliphatic rings. The summed E-state index contributed by atoms with van der Waals surface area (Å²) in [6.07, 6.45) is 1.69. The van der Waals surface area contributed by atoms with E-state index in [1.165, 1.54) is 21.5 Å².